The minimum Gasteiger partial charge on any atom is -0.309 e. The zero-order chi connectivity index (χ0) is 35.8. The van der Waals surface area contributed by atoms with Gasteiger partial charge >= 0.3 is 0 Å². The molecule has 0 atom stereocenters. The lowest BCUT2D eigenvalue weighted by Crippen LogP contribution is -2.48. The minimum atomic E-state index is 0.367. The van der Waals surface area contributed by atoms with Gasteiger partial charge in [0.2, 0.25) is 0 Å². The molecule has 0 unspecified atom stereocenters. The Kier molecular flexibility index (Phi) is 6.03. The van der Waals surface area contributed by atoms with Crippen molar-refractivity contribution in [3.8, 4) is 17.1 Å². The summed E-state index contributed by atoms with van der Waals surface area (Å²) >= 11 is 0. The van der Waals surface area contributed by atoms with E-state index < -0.39 is 0 Å². The minimum absolute atomic E-state index is 0.367. The molecule has 10 aromatic rings. The monoisotopic (exact) mass is 708 g/mol. The van der Waals surface area contributed by atoms with Gasteiger partial charge in [-0.3, -0.25) is 4.98 Å². The first kappa shape index (κ1) is 30.2. The topological polar surface area (TPSA) is 27.7 Å². The summed E-state index contributed by atoms with van der Waals surface area (Å²) in [5, 5.41) is 7.71. The van der Waals surface area contributed by atoms with Crippen molar-refractivity contribution in [1.29, 1.82) is 0 Å². The van der Waals surface area contributed by atoms with Crippen LogP contribution in [-0.2, 0) is 5.41 Å². The summed E-state index contributed by atoms with van der Waals surface area (Å²) in [5.74, 6) is 2.79. The van der Waals surface area contributed by atoms with Gasteiger partial charge in [-0.1, -0.05) is 78.9 Å². The van der Waals surface area contributed by atoms with Crippen LogP contribution in [0.5, 0.6) is 0 Å². The van der Waals surface area contributed by atoms with Crippen LogP contribution < -0.4 is 0 Å². The molecule has 4 heterocycles. The average Bonchev–Trinajstić information content (AvgIpc) is 3.86. The molecule has 0 spiro atoms. The molecule has 0 N–H and O–H groups in total. The molecule has 4 fully saturated rings. The van der Waals surface area contributed by atoms with E-state index in [1.54, 1.807) is 5.56 Å². The Labute approximate surface area is 319 Å². The number of nitrogens with zero attached hydrogens (tertiary/aromatic N) is 4. The van der Waals surface area contributed by atoms with E-state index >= 15 is 0 Å². The van der Waals surface area contributed by atoms with Crippen molar-refractivity contribution in [2.75, 3.05) is 0 Å². The third-order valence-electron chi connectivity index (χ3n) is 14.0. The number of pyridine rings is 1. The SMILES string of the molecule is c1ccc2c(c1)c1ccccc1n2-c1ccc2c(c1)c1ccccc1n2-c1cncc(-n2c3ccccc3c3cc(C45CC6CC(CC(C6)C4)C5)ccc32)c1. The molecular formula is C51H40N4. The third kappa shape index (κ3) is 4.20. The summed E-state index contributed by atoms with van der Waals surface area (Å²) < 4.78 is 7.25. The van der Waals surface area contributed by atoms with Crippen LogP contribution in [-0.4, -0.2) is 18.7 Å². The Hall–Kier alpha value is -6.13. The molecule has 4 aliphatic carbocycles. The second-order valence-electron chi connectivity index (χ2n) is 17.1. The second kappa shape index (κ2) is 11.0. The van der Waals surface area contributed by atoms with Crippen molar-refractivity contribution < 1.29 is 0 Å². The van der Waals surface area contributed by atoms with Crippen molar-refractivity contribution in [3.05, 3.63) is 157 Å². The maximum Gasteiger partial charge on any atom is 0.0666 e. The van der Waals surface area contributed by atoms with E-state index in [4.69, 9.17) is 4.98 Å². The number of benzene rings is 6. The Morgan fingerprint density at radius 3 is 1.29 bits per heavy atom. The lowest BCUT2D eigenvalue weighted by atomic mass is 9.48. The van der Waals surface area contributed by atoms with Gasteiger partial charge in [0.15, 0.2) is 0 Å². The molecule has 4 nitrogen and oxygen atoms in total. The van der Waals surface area contributed by atoms with Crippen LogP contribution in [0.2, 0.25) is 0 Å². The van der Waals surface area contributed by atoms with E-state index in [-0.39, 0.29) is 0 Å². The third-order valence-corrected chi connectivity index (χ3v) is 14.0. The Morgan fingerprint density at radius 1 is 0.382 bits per heavy atom. The zero-order valence-electron chi connectivity index (χ0n) is 30.7. The van der Waals surface area contributed by atoms with Crippen LogP contribution in [0.15, 0.2) is 152 Å². The van der Waals surface area contributed by atoms with Gasteiger partial charge in [-0.05, 0) is 128 Å². The van der Waals surface area contributed by atoms with Crippen molar-refractivity contribution in [2.45, 2.75) is 43.9 Å². The Balaban J connectivity index is 0.980. The first-order valence-electron chi connectivity index (χ1n) is 20.2. The molecule has 4 saturated carbocycles. The largest absolute Gasteiger partial charge is 0.309 e. The predicted octanol–water partition coefficient (Wildman–Crippen LogP) is 12.8. The molecule has 4 aromatic heterocycles. The molecule has 14 rings (SSSR count). The highest BCUT2D eigenvalue weighted by atomic mass is 15.0. The number of rotatable bonds is 4. The Bertz CT molecular complexity index is 3120. The lowest BCUT2D eigenvalue weighted by molar-refractivity contribution is -0.00512. The highest BCUT2D eigenvalue weighted by Crippen LogP contribution is 2.61. The van der Waals surface area contributed by atoms with E-state index in [1.165, 1.54) is 104 Å². The predicted molar refractivity (Wildman–Crippen MR) is 227 cm³/mol. The molecule has 0 amide bonds. The maximum absolute atomic E-state index is 4.95. The van der Waals surface area contributed by atoms with Crippen LogP contribution in [0, 0.1) is 17.8 Å². The van der Waals surface area contributed by atoms with E-state index in [1.807, 2.05) is 12.4 Å². The molecule has 264 valence electrons. The number of aromatic nitrogens is 4. The maximum atomic E-state index is 4.95. The van der Waals surface area contributed by atoms with Crippen LogP contribution in [0.1, 0.15) is 44.1 Å². The standard InChI is InChI=1S/C51H40N4/c1-5-13-45-39(9-1)40-10-2-6-14-46(40)53(45)36-18-20-50-44(26-36)42-12-4-8-16-48(42)55(50)38-25-37(30-52-31-38)54-47-15-7-3-11-41(47)43-24-35(17-19-49(43)54)51-27-32-21-33(28-51)23-34(22-32)29-51/h1-20,24-26,30-34H,21-23,27-29H2. The van der Waals surface area contributed by atoms with Crippen LogP contribution in [0.4, 0.5) is 0 Å². The fraction of sp³-hybridized carbons (Fsp3) is 0.196. The van der Waals surface area contributed by atoms with Crippen molar-refractivity contribution in [3.63, 3.8) is 0 Å². The highest BCUT2D eigenvalue weighted by Gasteiger charge is 2.51. The zero-order valence-corrected chi connectivity index (χ0v) is 30.7. The molecule has 0 aliphatic heterocycles. The number of para-hydroxylation sites is 4. The van der Waals surface area contributed by atoms with Crippen LogP contribution in [0.3, 0.4) is 0 Å². The van der Waals surface area contributed by atoms with Gasteiger partial charge in [-0.15, -0.1) is 0 Å². The van der Waals surface area contributed by atoms with Crippen LogP contribution >= 0.6 is 0 Å². The van der Waals surface area contributed by atoms with Gasteiger partial charge in [0.1, 0.15) is 0 Å². The van der Waals surface area contributed by atoms with E-state index in [2.05, 4.69) is 153 Å². The summed E-state index contributed by atoms with van der Waals surface area (Å²) in [6, 6.07) is 52.1. The molecule has 4 bridgehead atoms. The number of hydrogen-bond acceptors (Lipinski definition) is 1. The number of fused-ring (bicyclic) bond motifs is 9. The summed E-state index contributed by atoms with van der Waals surface area (Å²) in [7, 11) is 0. The van der Waals surface area contributed by atoms with E-state index in [0.717, 1.165) is 34.8 Å². The molecule has 6 aromatic carbocycles. The summed E-state index contributed by atoms with van der Waals surface area (Å²) in [4.78, 5) is 4.95. The first-order valence-corrected chi connectivity index (χ1v) is 20.2. The van der Waals surface area contributed by atoms with E-state index in [9.17, 15) is 0 Å². The first-order chi connectivity index (χ1) is 27.2. The van der Waals surface area contributed by atoms with Crippen LogP contribution in [0.25, 0.3) is 82.5 Å². The molecule has 0 saturated heterocycles. The normalized spacial score (nSPS) is 22.0. The smallest absolute Gasteiger partial charge is 0.0666 e. The van der Waals surface area contributed by atoms with Crippen molar-refractivity contribution in [1.82, 2.24) is 18.7 Å². The van der Waals surface area contributed by atoms with Gasteiger partial charge in [0.25, 0.3) is 0 Å². The molecule has 55 heavy (non-hydrogen) atoms. The summed E-state index contributed by atoms with van der Waals surface area (Å²) in [6.45, 7) is 0. The lowest BCUT2D eigenvalue weighted by Gasteiger charge is -2.57. The molecule has 0 radical (unpaired) electrons. The van der Waals surface area contributed by atoms with Gasteiger partial charge in [0.05, 0.1) is 56.9 Å². The fourth-order valence-electron chi connectivity index (χ4n) is 12.3. The summed E-state index contributed by atoms with van der Waals surface area (Å²) in [5.41, 5.74) is 12.5. The number of hydrogen-bond donors (Lipinski definition) is 0. The fourth-order valence-corrected chi connectivity index (χ4v) is 12.3. The molecule has 4 aliphatic rings. The van der Waals surface area contributed by atoms with Gasteiger partial charge < -0.3 is 13.7 Å². The van der Waals surface area contributed by atoms with Gasteiger partial charge in [0, 0.05) is 38.0 Å². The second-order valence-corrected chi connectivity index (χ2v) is 17.1. The summed E-state index contributed by atoms with van der Waals surface area (Å²) in [6.07, 6.45) is 12.6. The Morgan fingerprint density at radius 2 is 0.782 bits per heavy atom. The highest BCUT2D eigenvalue weighted by molar-refractivity contribution is 6.13. The van der Waals surface area contributed by atoms with Gasteiger partial charge in [-0.2, -0.15) is 0 Å². The average molecular weight is 709 g/mol. The van der Waals surface area contributed by atoms with Gasteiger partial charge in [-0.25, -0.2) is 0 Å². The van der Waals surface area contributed by atoms with Crippen molar-refractivity contribution >= 4 is 65.4 Å². The van der Waals surface area contributed by atoms with Crippen molar-refractivity contribution in [2.24, 2.45) is 17.8 Å². The molecule has 4 heteroatoms. The molecular weight excluding hydrogens is 669 g/mol. The van der Waals surface area contributed by atoms with E-state index in [0.29, 0.717) is 5.41 Å². The quantitative estimate of drug-likeness (QED) is 0.179.